The summed E-state index contributed by atoms with van der Waals surface area (Å²) in [6.07, 6.45) is -4.51. The molecule has 2 nitrogen and oxygen atoms in total. The maximum absolute atomic E-state index is 12.3. The minimum Gasteiger partial charge on any atom is -0.359 e. The number of carbonyl (C=O) groups is 1. The molecule has 0 spiro atoms. The highest BCUT2D eigenvalue weighted by Crippen LogP contribution is 2.34. The average Bonchev–Trinajstić information content (AvgIpc) is 2.12. The third kappa shape index (κ3) is 3.17. The van der Waals surface area contributed by atoms with Gasteiger partial charge in [0.05, 0.1) is 10.6 Å². The van der Waals surface area contributed by atoms with Crippen LogP contribution < -0.4 is 5.73 Å². The van der Waals surface area contributed by atoms with Gasteiger partial charge in [-0.05, 0) is 24.1 Å². The molecule has 0 unspecified atom stereocenters. The van der Waals surface area contributed by atoms with Gasteiger partial charge in [0, 0.05) is 5.56 Å². The first-order chi connectivity index (χ1) is 7.30. The van der Waals surface area contributed by atoms with Crippen molar-refractivity contribution >= 4 is 17.5 Å². The first-order valence-corrected chi connectivity index (χ1v) is 4.36. The van der Waals surface area contributed by atoms with E-state index in [0.29, 0.717) is 0 Å². The van der Waals surface area contributed by atoms with E-state index in [2.05, 4.69) is 5.92 Å². The summed E-state index contributed by atoms with van der Waals surface area (Å²) < 4.78 is 36.9. The average molecular weight is 248 g/mol. The second-order valence-corrected chi connectivity index (χ2v) is 3.21. The molecule has 1 amide bonds. The number of hydrogen-bond donors (Lipinski definition) is 1. The van der Waals surface area contributed by atoms with Crippen molar-refractivity contribution in [1.29, 1.82) is 0 Å². The molecule has 0 heterocycles. The van der Waals surface area contributed by atoms with Crippen LogP contribution in [0, 0.1) is 11.8 Å². The van der Waals surface area contributed by atoms with Gasteiger partial charge in [0.15, 0.2) is 0 Å². The van der Waals surface area contributed by atoms with Crippen LogP contribution in [0.5, 0.6) is 0 Å². The molecular formula is C10H5ClF3NO. The normalized spacial score (nSPS) is 10.5. The van der Waals surface area contributed by atoms with Gasteiger partial charge in [0.2, 0.25) is 0 Å². The van der Waals surface area contributed by atoms with Gasteiger partial charge in [0.1, 0.15) is 0 Å². The molecule has 1 aromatic rings. The smallest absolute Gasteiger partial charge is 0.359 e. The molecule has 0 bridgehead atoms. The van der Waals surface area contributed by atoms with Gasteiger partial charge >= 0.3 is 6.18 Å². The van der Waals surface area contributed by atoms with Crippen LogP contribution in [0.4, 0.5) is 13.2 Å². The monoisotopic (exact) mass is 247 g/mol. The summed E-state index contributed by atoms with van der Waals surface area (Å²) in [5.41, 5.74) is 4.00. The Kier molecular flexibility index (Phi) is 3.45. The van der Waals surface area contributed by atoms with Crippen LogP contribution in [-0.4, -0.2) is 5.91 Å². The van der Waals surface area contributed by atoms with Gasteiger partial charge in [-0.25, -0.2) is 0 Å². The van der Waals surface area contributed by atoms with Crippen LogP contribution in [0.2, 0.25) is 5.02 Å². The molecule has 2 N–H and O–H groups in total. The highest BCUT2D eigenvalue weighted by atomic mass is 35.5. The van der Waals surface area contributed by atoms with Crippen molar-refractivity contribution < 1.29 is 18.0 Å². The van der Waals surface area contributed by atoms with Crippen LogP contribution in [-0.2, 0) is 11.0 Å². The number of hydrogen-bond acceptors (Lipinski definition) is 1. The number of rotatable bonds is 0. The molecule has 0 aliphatic carbocycles. The van der Waals surface area contributed by atoms with Crippen LogP contribution in [0.3, 0.4) is 0 Å². The topological polar surface area (TPSA) is 43.1 Å². The molecule has 6 heteroatoms. The van der Waals surface area contributed by atoms with Crippen molar-refractivity contribution in [2.24, 2.45) is 5.73 Å². The van der Waals surface area contributed by atoms with Gasteiger partial charge < -0.3 is 5.73 Å². The number of amides is 1. The van der Waals surface area contributed by atoms with E-state index in [0.717, 1.165) is 18.2 Å². The van der Waals surface area contributed by atoms with E-state index in [1.165, 1.54) is 0 Å². The molecule has 1 aromatic carbocycles. The van der Waals surface area contributed by atoms with E-state index in [9.17, 15) is 18.0 Å². The van der Waals surface area contributed by atoms with Gasteiger partial charge in [-0.15, -0.1) is 0 Å². The highest BCUT2D eigenvalue weighted by molar-refractivity contribution is 6.31. The molecule has 0 aromatic heterocycles. The third-order valence-corrected chi connectivity index (χ3v) is 1.92. The van der Waals surface area contributed by atoms with E-state index in [1.807, 2.05) is 5.92 Å². The van der Waals surface area contributed by atoms with E-state index in [4.69, 9.17) is 17.3 Å². The first kappa shape index (κ1) is 12.4. The van der Waals surface area contributed by atoms with Gasteiger partial charge in [-0.3, -0.25) is 4.79 Å². The van der Waals surface area contributed by atoms with Gasteiger partial charge in [0.25, 0.3) is 5.91 Å². The fourth-order valence-corrected chi connectivity index (χ4v) is 1.24. The molecule has 0 fully saturated rings. The van der Waals surface area contributed by atoms with Crippen molar-refractivity contribution in [2.45, 2.75) is 6.18 Å². The van der Waals surface area contributed by atoms with Crippen molar-refractivity contribution in [3.05, 3.63) is 34.3 Å². The summed E-state index contributed by atoms with van der Waals surface area (Å²) >= 11 is 5.43. The Bertz CT molecular complexity index is 485. The molecule has 84 valence electrons. The molecule has 16 heavy (non-hydrogen) atoms. The maximum Gasteiger partial charge on any atom is 0.417 e. The second kappa shape index (κ2) is 4.45. The summed E-state index contributed by atoms with van der Waals surface area (Å²) in [7, 11) is 0. The van der Waals surface area contributed by atoms with E-state index < -0.39 is 22.7 Å². The lowest BCUT2D eigenvalue weighted by atomic mass is 10.1. The first-order valence-electron chi connectivity index (χ1n) is 3.99. The Morgan fingerprint density at radius 2 is 2.00 bits per heavy atom. The predicted octanol–water partition coefficient (Wildman–Crippen LogP) is 2.20. The SMILES string of the molecule is NC(=O)C#Cc1ccc(C(F)(F)F)c(Cl)c1. The predicted molar refractivity (Wildman–Crippen MR) is 52.5 cm³/mol. The lowest BCUT2D eigenvalue weighted by Crippen LogP contribution is -2.07. The molecule has 1 rings (SSSR count). The van der Waals surface area contributed by atoms with Gasteiger partial charge in [-0.1, -0.05) is 17.5 Å². The molecule has 0 saturated heterocycles. The lowest BCUT2D eigenvalue weighted by Gasteiger charge is -2.08. The van der Waals surface area contributed by atoms with E-state index in [1.54, 1.807) is 0 Å². The molecule has 0 radical (unpaired) electrons. The standard InChI is InChI=1S/C10H5ClF3NO/c11-8-5-6(2-4-9(15)16)1-3-7(8)10(12,13)14/h1,3,5H,(H2,15,16). The second-order valence-electron chi connectivity index (χ2n) is 2.81. The summed E-state index contributed by atoms with van der Waals surface area (Å²) in [6, 6.07) is 2.94. The van der Waals surface area contributed by atoms with Crippen LogP contribution in [0.25, 0.3) is 0 Å². The maximum atomic E-state index is 12.3. The molecule has 0 saturated carbocycles. The quantitative estimate of drug-likeness (QED) is 0.702. The third-order valence-electron chi connectivity index (χ3n) is 1.60. The minimum absolute atomic E-state index is 0.191. The van der Waals surface area contributed by atoms with Crippen LogP contribution in [0.1, 0.15) is 11.1 Å². The summed E-state index contributed by atoms with van der Waals surface area (Å²) in [5.74, 6) is 3.42. The molecule has 0 atom stereocenters. The summed E-state index contributed by atoms with van der Waals surface area (Å²) in [6.45, 7) is 0. The fourth-order valence-electron chi connectivity index (χ4n) is 0.957. The number of primary amides is 1. The Morgan fingerprint density at radius 1 is 1.38 bits per heavy atom. The largest absolute Gasteiger partial charge is 0.417 e. The van der Waals surface area contributed by atoms with Crippen molar-refractivity contribution in [2.75, 3.05) is 0 Å². The fraction of sp³-hybridized carbons (Fsp3) is 0.100. The van der Waals surface area contributed by atoms with Crippen LogP contribution >= 0.6 is 11.6 Å². The Morgan fingerprint density at radius 3 is 2.44 bits per heavy atom. The Labute approximate surface area is 94.2 Å². The zero-order valence-electron chi connectivity index (χ0n) is 7.73. The lowest BCUT2D eigenvalue weighted by molar-refractivity contribution is -0.137. The number of alkyl halides is 3. The van der Waals surface area contributed by atoms with Crippen LogP contribution in [0.15, 0.2) is 18.2 Å². The Balaban J connectivity index is 3.11. The molecule has 0 aliphatic rings. The minimum atomic E-state index is -4.51. The molecular weight excluding hydrogens is 243 g/mol. The van der Waals surface area contributed by atoms with Crippen molar-refractivity contribution in [3.8, 4) is 11.8 Å². The van der Waals surface area contributed by atoms with E-state index in [-0.39, 0.29) is 5.56 Å². The van der Waals surface area contributed by atoms with Gasteiger partial charge in [-0.2, -0.15) is 13.2 Å². The highest BCUT2D eigenvalue weighted by Gasteiger charge is 2.32. The number of benzene rings is 1. The summed E-state index contributed by atoms with van der Waals surface area (Å²) in [5, 5.41) is -0.469. The van der Waals surface area contributed by atoms with E-state index >= 15 is 0 Å². The Hall–Kier alpha value is -1.67. The number of nitrogens with two attached hydrogens (primary N) is 1. The summed E-state index contributed by atoms with van der Waals surface area (Å²) in [4.78, 5) is 10.3. The number of halogens is 4. The molecule has 0 aliphatic heterocycles. The van der Waals surface area contributed by atoms with Crippen molar-refractivity contribution in [1.82, 2.24) is 0 Å². The zero-order chi connectivity index (χ0) is 12.3. The number of carbonyl (C=O) groups excluding carboxylic acids is 1. The van der Waals surface area contributed by atoms with Crippen molar-refractivity contribution in [3.63, 3.8) is 0 Å². The zero-order valence-corrected chi connectivity index (χ0v) is 8.49.